The molecule has 6 nitrogen and oxygen atoms in total. The smallest absolute Gasteiger partial charge is 0.313 e. The van der Waals surface area contributed by atoms with Crippen LogP contribution in [0.2, 0.25) is 0 Å². The van der Waals surface area contributed by atoms with E-state index in [1.165, 1.54) is 11.1 Å². The van der Waals surface area contributed by atoms with E-state index in [-0.39, 0.29) is 0 Å². The highest BCUT2D eigenvalue weighted by Gasteiger charge is 2.28. The van der Waals surface area contributed by atoms with Crippen LogP contribution < -0.4 is 16.4 Å². The van der Waals surface area contributed by atoms with Crippen LogP contribution in [0, 0.1) is 0 Å². The van der Waals surface area contributed by atoms with E-state index < -0.39 is 11.1 Å². The van der Waals surface area contributed by atoms with E-state index in [1.54, 1.807) is 18.8 Å². The lowest BCUT2D eigenvalue weighted by Gasteiger charge is -2.19. The van der Waals surface area contributed by atoms with Crippen molar-refractivity contribution in [3.05, 3.63) is 20.7 Å². The summed E-state index contributed by atoms with van der Waals surface area (Å²) in [4.78, 5) is 26.2. The molecule has 18 heavy (non-hydrogen) atoms. The number of aryl methyl sites for hydroxylation is 1. The van der Waals surface area contributed by atoms with Crippen molar-refractivity contribution in [1.82, 2.24) is 20.1 Å². The van der Waals surface area contributed by atoms with E-state index in [0.29, 0.717) is 16.4 Å². The van der Waals surface area contributed by atoms with E-state index in [4.69, 9.17) is 0 Å². The van der Waals surface area contributed by atoms with Gasteiger partial charge in [-0.2, -0.15) is 4.98 Å². The zero-order valence-corrected chi connectivity index (χ0v) is 11.4. The Hall–Kier alpha value is -1.08. The number of thioether (sulfide) groups is 1. The van der Waals surface area contributed by atoms with Crippen LogP contribution in [0.3, 0.4) is 0 Å². The summed E-state index contributed by atoms with van der Waals surface area (Å²) in [6, 6.07) is 0.462. The topological polar surface area (TPSA) is 79.8 Å². The molecule has 1 aromatic heterocycles. The molecule has 0 aliphatic heterocycles. The predicted molar refractivity (Wildman–Crippen MR) is 71.1 cm³/mol. The summed E-state index contributed by atoms with van der Waals surface area (Å²) in [6.07, 6.45) is 3.45. The Bertz CT molecular complexity index is 525. The monoisotopic (exact) mass is 270 g/mol. The molecule has 1 aliphatic rings. The molecule has 2 N–H and O–H groups in total. The molecule has 0 spiro atoms. The van der Waals surface area contributed by atoms with Crippen LogP contribution in [0.4, 0.5) is 0 Å². The zero-order valence-electron chi connectivity index (χ0n) is 10.6. The van der Waals surface area contributed by atoms with Gasteiger partial charge in [-0.25, -0.2) is 0 Å². The third-order valence-electron chi connectivity index (χ3n) is 3.12. The molecule has 0 bridgehead atoms. The number of hydrogen-bond donors (Lipinski definition) is 2. The summed E-state index contributed by atoms with van der Waals surface area (Å²) in [6.45, 7) is 3.04. The van der Waals surface area contributed by atoms with Crippen LogP contribution in [0.15, 0.2) is 14.7 Å². The molecular weight excluding hydrogens is 252 g/mol. The second-order valence-corrected chi connectivity index (χ2v) is 5.66. The lowest BCUT2D eigenvalue weighted by molar-refractivity contribution is 0.545. The fraction of sp³-hybridized carbons (Fsp3) is 0.727. The molecule has 1 aliphatic carbocycles. The summed E-state index contributed by atoms with van der Waals surface area (Å²) in [7, 11) is 1.70. The Labute approximate surface area is 109 Å². The van der Waals surface area contributed by atoms with Gasteiger partial charge in [-0.1, -0.05) is 25.1 Å². The lowest BCUT2D eigenvalue weighted by atomic mass is 10.2. The maximum Gasteiger partial charge on any atom is 0.339 e. The minimum Gasteiger partial charge on any atom is -0.313 e. The van der Waals surface area contributed by atoms with Crippen LogP contribution >= 0.6 is 11.8 Å². The Kier molecular flexibility index (Phi) is 4.23. The second kappa shape index (κ2) is 5.71. The van der Waals surface area contributed by atoms with Crippen LogP contribution in [0.5, 0.6) is 0 Å². The molecule has 1 heterocycles. The van der Waals surface area contributed by atoms with E-state index >= 15 is 0 Å². The van der Waals surface area contributed by atoms with Gasteiger partial charge >= 0.3 is 11.1 Å². The van der Waals surface area contributed by atoms with Crippen LogP contribution in [0.1, 0.15) is 26.2 Å². The first kappa shape index (κ1) is 13.4. The summed E-state index contributed by atoms with van der Waals surface area (Å²) < 4.78 is 1.52. The summed E-state index contributed by atoms with van der Waals surface area (Å²) in [5.74, 6) is 0. The zero-order chi connectivity index (χ0) is 13.1. The number of aromatic nitrogens is 3. The van der Waals surface area contributed by atoms with Crippen molar-refractivity contribution < 1.29 is 0 Å². The van der Waals surface area contributed by atoms with Gasteiger partial charge in [-0.15, -0.1) is 0 Å². The van der Waals surface area contributed by atoms with Crippen molar-refractivity contribution >= 4 is 11.8 Å². The number of H-pyrrole nitrogens is 1. The fourth-order valence-corrected chi connectivity index (χ4v) is 3.56. The van der Waals surface area contributed by atoms with Gasteiger partial charge in [0.2, 0.25) is 0 Å². The third kappa shape index (κ3) is 2.84. The summed E-state index contributed by atoms with van der Waals surface area (Å²) >= 11 is 1.57. The van der Waals surface area contributed by atoms with E-state index in [1.807, 2.05) is 0 Å². The third-order valence-corrected chi connectivity index (χ3v) is 4.57. The van der Waals surface area contributed by atoms with Crippen molar-refractivity contribution in [2.75, 3.05) is 6.54 Å². The average molecular weight is 270 g/mol. The predicted octanol–water partition coefficient (Wildman–Crippen LogP) is 0.0913. The average Bonchev–Trinajstić information content (AvgIpc) is 2.74. The maximum atomic E-state index is 11.3. The lowest BCUT2D eigenvalue weighted by Crippen LogP contribution is -2.36. The van der Waals surface area contributed by atoms with Crippen molar-refractivity contribution in [2.24, 2.45) is 7.05 Å². The van der Waals surface area contributed by atoms with E-state index in [9.17, 15) is 9.59 Å². The molecule has 2 unspecified atom stereocenters. The highest BCUT2D eigenvalue weighted by atomic mass is 32.2. The molecule has 100 valence electrons. The van der Waals surface area contributed by atoms with Crippen LogP contribution in [-0.4, -0.2) is 32.6 Å². The normalized spacial score (nSPS) is 23.4. The first-order chi connectivity index (χ1) is 8.61. The van der Waals surface area contributed by atoms with Crippen LogP contribution in [-0.2, 0) is 7.05 Å². The highest BCUT2D eigenvalue weighted by Crippen LogP contribution is 2.33. The molecule has 1 saturated carbocycles. The molecule has 0 amide bonds. The fourth-order valence-electron chi connectivity index (χ4n) is 2.26. The maximum absolute atomic E-state index is 11.3. The first-order valence-electron chi connectivity index (χ1n) is 6.19. The molecule has 2 rings (SSSR count). The molecule has 1 fully saturated rings. The number of rotatable bonds is 4. The van der Waals surface area contributed by atoms with Crippen molar-refractivity contribution in [1.29, 1.82) is 0 Å². The van der Waals surface area contributed by atoms with Crippen molar-refractivity contribution in [2.45, 2.75) is 42.6 Å². The molecular formula is C11H18N4O2S. The number of hydrogen-bond acceptors (Lipinski definition) is 5. The van der Waals surface area contributed by atoms with Gasteiger partial charge < -0.3 is 5.32 Å². The van der Waals surface area contributed by atoms with Crippen molar-refractivity contribution in [3.63, 3.8) is 0 Å². The molecule has 0 saturated heterocycles. The van der Waals surface area contributed by atoms with Gasteiger partial charge in [-0.3, -0.25) is 19.4 Å². The number of nitrogens with one attached hydrogen (secondary N) is 2. The number of nitrogens with zero attached hydrogens (tertiary/aromatic N) is 2. The van der Waals surface area contributed by atoms with Crippen molar-refractivity contribution in [3.8, 4) is 0 Å². The summed E-state index contributed by atoms with van der Waals surface area (Å²) in [5.41, 5.74) is -1.38. The molecule has 0 aromatic carbocycles. The highest BCUT2D eigenvalue weighted by molar-refractivity contribution is 7.99. The number of aromatic amines is 1. The SMILES string of the molecule is CCNC1CCCC1Sc1nc(=O)c(=O)[nH]n1C. The van der Waals surface area contributed by atoms with Crippen LogP contribution in [0.25, 0.3) is 0 Å². The van der Waals surface area contributed by atoms with Gasteiger partial charge in [0.05, 0.1) is 0 Å². The van der Waals surface area contributed by atoms with Gasteiger partial charge in [0, 0.05) is 18.3 Å². The van der Waals surface area contributed by atoms with E-state index in [2.05, 4.69) is 22.3 Å². The van der Waals surface area contributed by atoms with Gasteiger partial charge in [-0.05, 0) is 19.4 Å². The van der Waals surface area contributed by atoms with Gasteiger partial charge in [0.15, 0.2) is 5.16 Å². The molecule has 1 aromatic rings. The first-order valence-corrected chi connectivity index (χ1v) is 7.07. The Morgan fingerprint density at radius 1 is 1.50 bits per heavy atom. The molecule has 2 atom stereocenters. The Morgan fingerprint density at radius 2 is 2.28 bits per heavy atom. The van der Waals surface area contributed by atoms with E-state index in [0.717, 1.165) is 19.4 Å². The Morgan fingerprint density at radius 3 is 3.00 bits per heavy atom. The van der Waals surface area contributed by atoms with Gasteiger partial charge in [0.25, 0.3) is 0 Å². The quantitative estimate of drug-likeness (QED) is 0.758. The Balaban J connectivity index is 2.16. The minimum atomic E-state index is -0.714. The standard InChI is InChI=1S/C11H18N4O2S/c1-3-12-7-5-4-6-8(7)18-11-13-9(16)10(17)14-15(11)2/h7-8,12H,3-6H2,1-2H3,(H,14,17). The second-order valence-electron chi connectivity index (χ2n) is 4.45. The minimum absolute atomic E-state index is 0.411. The summed E-state index contributed by atoms with van der Waals surface area (Å²) in [5, 5.41) is 6.91. The largest absolute Gasteiger partial charge is 0.339 e. The molecule has 0 radical (unpaired) electrons. The molecule has 7 heteroatoms. The van der Waals surface area contributed by atoms with Gasteiger partial charge in [0.1, 0.15) is 0 Å².